The molecule has 2 N–H and O–H groups in total. The van der Waals surface area contributed by atoms with Crippen LogP contribution in [0.5, 0.6) is 0 Å². The van der Waals surface area contributed by atoms with Gasteiger partial charge in [0.05, 0.1) is 17.3 Å². The predicted octanol–water partition coefficient (Wildman–Crippen LogP) is 2.30. The van der Waals surface area contributed by atoms with Crippen LogP contribution in [-0.2, 0) is 4.79 Å². The lowest BCUT2D eigenvalue weighted by atomic mass is 9.96. The molecule has 2 unspecified atom stereocenters. The molecule has 2 atom stereocenters. The summed E-state index contributed by atoms with van der Waals surface area (Å²) in [6.45, 7) is 3.42. The SMILES string of the molecule is N#Cc1cc(Cl)ccc1N1CCCC(CNC(=O)C2CCCN2)C1. The molecule has 6 heteroatoms. The third kappa shape index (κ3) is 4.00. The van der Waals surface area contributed by atoms with Crippen molar-refractivity contribution in [3.05, 3.63) is 28.8 Å². The van der Waals surface area contributed by atoms with Gasteiger partial charge in [-0.05, 0) is 56.3 Å². The van der Waals surface area contributed by atoms with E-state index in [1.165, 1.54) is 0 Å². The molecule has 0 saturated carbocycles. The van der Waals surface area contributed by atoms with Gasteiger partial charge >= 0.3 is 0 Å². The van der Waals surface area contributed by atoms with Gasteiger partial charge in [0.2, 0.25) is 5.91 Å². The maximum atomic E-state index is 12.1. The van der Waals surface area contributed by atoms with Crippen molar-refractivity contribution in [3.8, 4) is 6.07 Å². The van der Waals surface area contributed by atoms with Crippen molar-refractivity contribution >= 4 is 23.2 Å². The van der Waals surface area contributed by atoms with Crippen molar-refractivity contribution in [1.29, 1.82) is 5.26 Å². The number of rotatable bonds is 4. The number of anilines is 1. The Morgan fingerprint density at radius 1 is 1.42 bits per heavy atom. The Morgan fingerprint density at radius 2 is 2.29 bits per heavy atom. The van der Waals surface area contributed by atoms with Gasteiger partial charge in [-0.2, -0.15) is 5.26 Å². The third-order valence-corrected chi connectivity index (χ3v) is 5.12. The number of carbonyl (C=O) groups is 1. The van der Waals surface area contributed by atoms with Crippen LogP contribution in [0.15, 0.2) is 18.2 Å². The Bertz CT molecular complexity index is 636. The first-order valence-electron chi connectivity index (χ1n) is 8.63. The second kappa shape index (κ2) is 7.87. The first-order valence-corrected chi connectivity index (χ1v) is 9.01. The first-order chi connectivity index (χ1) is 11.7. The van der Waals surface area contributed by atoms with Crippen LogP contribution in [0.4, 0.5) is 5.69 Å². The number of amides is 1. The average molecular weight is 347 g/mol. The Morgan fingerprint density at radius 3 is 3.04 bits per heavy atom. The topological polar surface area (TPSA) is 68.2 Å². The quantitative estimate of drug-likeness (QED) is 0.877. The molecule has 0 bridgehead atoms. The lowest BCUT2D eigenvalue weighted by Gasteiger charge is -2.35. The number of piperidine rings is 1. The molecule has 5 nitrogen and oxygen atoms in total. The van der Waals surface area contributed by atoms with Crippen molar-refractivity contribution in [2.24, 2.45) is 5.92 Å². The van der Waals surface area contributed by atoms with Gasteiger partial charge in [-0.25, -0.2) is 0 Å². The fraction of sp³-hybridized carbons (Fsp3) is 0.556. The number of hydrogen-bond acceptors (Lipinski definition) is 4. The third-order valence-electron chi connectivity index (χ3n) is 4.88. The molecule has 128 valence electrons. The second-order valence-electron chi connectivity index (χ2n) is 6.62. The van der Waals surface area contributed by atoms with Gasteiger partial charge in [-0.15, -0.1) is 0 Å². The summed E-state index contributed by atoms with van der Waals surface area (Å²) in [6, 6.07) is 7.68. The number of halogens is 1. The number of hydrogen-bond donors (Lipinski definition) is 2. The van der Waals surface area contributed by atoms with Gasteiger partial charge in [-0.3, -0.25) is 4.79 Å². The Kier molecular flexibility index (Phi) is 5.60. The smallest absolute Gasteiger partial charge is 0.237 e. The highest BCUT2D eigenvalue weighted by atomic mass is 35.5. The zero-order chi connectivity index (χ0) is 16.9. The molecular weight excluding hydrogens is 324 g/mol. The van der Waals surface area contributed by atoms with Crippen molar-refractivity contribution in [2.45, 2.75) is 31.7 Å². The van der Waals surface area contributed by atoms with Crippen LogP contribution in [0.3, 0.4) is 0 Å². The van der Waals surface area contributed by atoms with Gasteiger partial charge in [-0.1, -0.05) is 11.6 Å². The summed E-state index contributed by atoms with van der Waals surface area (Å²) in [4.78, 5) is 14.4. The van der Waals surface area contributed by atoms with Crippen molar-refractivity contribution < 1.29 is 4.79 Å². The summed E-state index contributed by atoms with van der Waals surface area (Å²) in [5.41, 5.74) is 1.55. The largest absolute Gasteiger partial charge is 0.370 e. The summed E-state index contributed by atoms with van der Waals surface area (Å²) in [7, 11) is 0. The van der Waals surface area contributed by atoms with E-state index in [9.17, 15) is 10.1 Å². The van der Waals surface area contributed by atoms with Crippen LogP contribution in [-0.4, -0.2) is 38.1 Å². The molecule has 2 aliphatic rings. The van der Waals surface area contributed by atoms with Crippen LogP contribution < -0.4 is 15.5 Å². The molecule has 2 aliphatic heterocycles. The molecule has 0 radical (unpaired) electrons. The highest BCUT2D eigenvalue weighted by molar-refractivity contribution is 6.30. The number of nitriles is 1. The van der Waals surface area contributed by atoms with E-state index in [1.54, 1.807) is 6.07 Å². The minimum atomic E-state index is -0.0221. The minimum Gasteiger partial charge on any atom is -0.370 e. The van der Waals surface area contributed by atoms with Gasteiger partial charge in [0.1, 0.15) is 6.07 Å². The van der Waals surface area contributed by atoms with Gasteiger partial charge < -0.3 is 15.5 Å². The first kappa shape index (κ1) is 17.1. The van der Waals surface area contributed by atoms with Crippen LogP contribution in [0, 0.1) is 17.2 Å². The van der Waals surface area contributed by atoms with E-state index >= 15 is 0 Å². The maximum absolute atomic E-state index is 12.1. The fourth-order valence-electron chi connectivity index (χ4n) is 3.60. The molecule has 24 heavy (non-hydrogen) atoms. The van der Waals surface area contributed by atoms with Crippen LogP contribution in [0.25, 0.3) is 0 Å². The summed E-state index contributed by atoms with van der Waals surface area (Å²) in [5.74, 6) is 0.528. The molecular formula is C18H23ClN4O. The lowest BCUT2D eigenvalue weighted by molar-refractivity contribution is -0.122. The lowest BCUT2D eigenvalue weighted by Crippen LogP contribution is -2.45. The molecule has 2 fully saturated rings. The van der Waals surface area contributed by atoms with Crippen LogP contribution >= 0.6 is 11.6 Å². The van der Waals surface area contributed by atoms with E-state index in [0.29, 0.717) is 23.0 Å². The van der Waals surface area contributed by atoms with Crippen molar-refractivity contribution in [2.75, 3.05) is 31.1 Å². The van der Waals surface area contributed by atoms with Crippen LogP contribution in [0.2, 0.25) is 5.02 Å². The van der Waals surface area contributed by atoms with Crippen LogP contribution in [0.1, 0.15) is 31.2 Å². The number of nitrogens with zero attached hydrogens (tertiary/aromatic N) is 2. The summed E-state index contributed by atoms with van der Waals surface area (Å²) in [6.07, 6.45) is 4.17. The molecule has 1 aromatic carbocycles. The number of nitrogens with one attached hydrogen (secondary N) is 2. The molecule has 0 spiro atoms. The Labute approximate surface area is 148 Å². The summed E-state index contributed by atoms with van der Waals surface area (Å²) >= 11 is 5.99. The monoisotopic (exact) mass is 346 g/mol. The molecule has 1 amide bonds. The molecule has 0 aromatic heterocycles. The molecule has 2 saturated heterocycles. The minimum absolute atomic E-state index is 0.0221. The zero-order valence-corrected chi connectivity index (χ0v) is 14.5. The molecule has 3 rings (SSSR count). The summed E-state index contributed by atoms with van der Waals surface area (Å²) in [5, 5.41) is 16.2. The fourth-order valence-corrected chi connectivity index (χ4v) is 3.77. The number of carbonyl (C=O) groups excluding carboxylic acids is 1. The second-order valence-corrected chi connectivity index (χ2v) is 7.06. The van der Waals surface area contributed by atoms with Gasteiger partial charge in [0.25, 0.3) is 0 Å². The normalized spacial score (nSPS) is 23.8. The highest BCUT2D eigenvalue weighted by Gasteiger charge is 2.25. The zero-order valence-electron chi connectivity index (χ0n) is 13.7. The summed E-state index contributed by atoms with van der Waals surface area (Å²) < 4.78 is 0. The number of benzene rings is 1. The molecule has 0 aliphatic carbocycles. The standard InChI is InChI=1S/C18H23ClN4O/c19-15-5-6-17(14(9-15)10-20)23-8-2-3-13(12-23)11-22-18(24)16-4-1-7-21-16/h5-6,9,13,16,21H,1-4,7-8,11-12H2,(H,22,24). The predicted molar refractivity (Wildman–Crippen MR) is 95.1 cm³/mol. The highest BCUT2D eigenvalue weighted by Crippen LogP contribution is 2.28. The van der Waals surface area contributed by atoms with Crippen molar-refractivity contribution in [1.82, 2.24) is 10.6 Å². The van der Waals surface area contributed by atoms with E-state index in [1.807, 2.05) is 12.1 Å². The van der Waals surface area contributed by atoms with E-state index in [4.69, 9.17) is 11.6 Å². The van der Waals surface area contributed by atoms with E-state index in [-0.39, 0.29) is 11.9 Å². The maximum Gasteiger partial charge on any atom is 0.237 e. The van der Waals surface area contributed by atoms with E-state index in [2.05, 4.69) is 21.6 Å². The molecule has 1 aromatic rings. The van der Waals surface area contributed by atoms with E-state index < -0.39 is 0 Å². The van der Waals surface area contributed by atoms with Gasteiger partial charge in [0, 0.05) is 24.7 Å². The Hall–Kier alpha value is -1.77. The van der Waals surface area contributed by atoms with Crippen molar-refractivity contribution in [3.63, 3.8) is 0 Å². The molecule has 2 heterocycles. The van der Waals surface area contributed by atoms with Gasteiger partial charge in [0.15, 0.2) is 0 Å². The average Bonchev–Trinajstić information content (AvgIpc) is 3.14. The van der Waals surface area contributed by atoms with E-state index in [0.717, 1.165) is 51.0 Å². The Balaban J connectivity index is 1.58.